The summed E-state index contributed by atoms with van der Waals surface area (Å²) in [6, 6.07) is 0.194. The van der Waals surface area contributed by atoms with E-state index in [0.717, 1.165) is 42.3 Å². The van der Waals surface area contributed by atoms with Crippen molar-refractivity contribution in [3.63, 3.8) is 0 Å². The first-order chi connectivity index (χ1) is 9.04. The maximum atomic E-state index is 6.40. The van der Waals surface area contributed by atoms with Crippen LogP contribution in [0, 0.1) is 0 Å². The zero-order valence-electron chi connectivity index (χ0n) is 11.5. The highest BCUT2D eigenvalue weighted by atomic mass is 35.5. The molecule has 0 radical (unpaired) electrons. The van der Waals surface area contributed by atoms with Gasteiger partial charge in [0.1, 0.15) is 0 Å². The van der Waals surface area contributed by atoms with Gasteiger partial charge in [-0.15, -0.1) is 0 Å². The number of rotatable bonds is 4. The van der Waals surface area contributed by atoms with Gasteiger partial charge in [0.15, 0.2) is 0 Å². The Labute approximate surface area is 124 Å². The largest absolute Gasteiger partial charge is 0.392 e. The summed E-state index contributed by atoms with van der Waals surface area (Å²) in [7, 11) is 1.94. The Morgan fingerprint density at radius 2 is 2.26 bits per heavy atom. The number of hydrogen-bond donors (Lipinski definition) is 1. The van der Waals surface area contributed by atoms with E-state index < -0.39 is 0 Å². The molecule has 2 heterocycles. The SMILES string of the molecule is CCc1nn(C)c(CN2CCCCC2C(N)=S)c1Cl. The van der Waals surface area contributed by atoms with Crippen LogP contribution in [0.15, 0.2) is 0 Å². The highest BCUT2D eigenvalue weighted by Crippen LogP contribution is 2.25. The van der Waals surface area contributed by atoms with Crippen molar-refractivity contribution >= 4 is 28.8 Å². The lowest BCUT2D eigenvalue weighted by Crippen LogP contribution is -2.46. The maximum absolute atomic E-state index is 6.40. The van der Waals surface area contributed by atoms with Crippen LogP contribution in [0.1, 0.15) is 37.6 Å². The number of hydrogen-bond acceptors (Lipinski definition) is 3. The monoisotopic (exact) mass is 300 g/mol. The predicted octanol–water partition coefficient (Wildman–Crippen LogP) is 2.28. The zero-order valence-corrected chi connectivity index (χ0v) is 13.1. The molecule has 1 saturated heterocycles. The van der Waals surface area contributed by atoms with E-state index in [1.54, 1.807) is 0 Å². The Morgan fingerprint density at radius 1 is 1.53 bits per heavy atom. The minimum Gasteiger partial charge on any atom is -0.392 e. The number of halogens is 1. The molecule has 106 valence electrons. The van der Waals surface area contributed by atoms with Gasteiger partial charge in [0.2, 0.25) is 0 Å². The first-order valence-corrected chi connectivity index (χ1v) is 7.56. The second kappa shape index (κ2) is 6.20. The molecule has 1 aromatic heterocycles. The smallest absolute Gasteiger partial charge is 0.0902 e. The lowest BCUT2D eigenvalue weighted by Gasteiger charge is -2.34. The fourth-order valence-electron chi connectivity index (χ4n) is 2.69. The Hall–Kier alpha value is -0.650. The summed E-state index contributed by atoms with van der Waals surface area (Å²) in [4.78, 5) is 2.92. The number of nitrogens with zero attached hydrogens (tertiary/aromatic N) is 3. The average Bonchev–Trinajstić information content (AvgIpc) is 2.66. The minimum absolute atomic E-state index is 0.194. The van der Waals surface area contributed by atoms with Gasteiger partial charge in [0, 0.05) is 13.6 Å². The van der Waals surface area contributed by atoms with E-state index in [1.807, 2.05) is 11.7 Å². The Balaban J connectivity index is 2.19. The number of thiocarbonyl (C=S) groups is 1. The molecule has 0 spiro atoms. The van der Waals surface area contributed by atoms with E-state index in [1.165, 1.54) is 12.8 Å². The molecule has 1 aliphatic rings. The highest BCUT2D eigenvalue weighted by molar-refractivity contribution is 7.80. The Morgan fingerprint density at radius 3 is 2.84 bits per heavy atom. The molecular weight excluding hydrogens is 280 g/mol. The van der Waals surface area contributed by atoms with E-state index >= 15 is 0 Å². The van der Waals surface area contributed by atoms with Gasteiger partial charge in [-0.3, -0.25) is 9.58 Å². The number of aromatic nitrogens is 2. The van der Waals surface area contributed by atoms with Crippen molar-refractivity contribution in [1.82, 2.24) is 14.7 Å². The molecule has 6 heteroatoms. The molecule has 1 fully saturated rings. The van der Waals surface area contributed by atoms with Gasteiger partial charge < -0.3 is 5.73 Å². The lowest BCUT2D eigenvalue weighted by atomic mass is 10.0. The fourth-order valence-corrected chi connectivity index (χ4v) is 3.31. The summed E-state index contributed by atoms with van der Waals surface area (Å²) in [6.45, 7) is 3.85. The third-order valence-electron chi connectivity index (χ3n) is 3.80. The molecule has 0 aliphatic carbocycles. The van der Waals surface area contributed by atoms with Crippen LogP contribution >= 0.6 is 23.8 Å². The van der Waals surface area contributed by atoms with Crippen molar-refractivity contribution in [3.05, 3.63) is 16.4 Å². The number of piperidine rings is 1. The molecule has 0 bridgehead atoms. The Kier molecular flexibility index (Phi) is 4.81. The quantitative estimate of drug-likeness (QED) is 0.867. The topological polar surface area (TPSA) is 47.1 Å². The van der Waals surface area contributed by atoms with E-state index in [2.05, 4.69) is 16.9 Å². The Bertz CT molecular complexity index is 471. The van der Waals surface area contributed by atoms with Gasteiger partial charge in [0.25, 0.3) is 0 Å². The molecule has 4 nitrogen and oxygen atoms in total. The van der Waals surface area contributed by atoms with Gasteiger partial charge in [0.05, 0.1) is 27.4 Å². The van der Waals surface area contributed by atoms with Crippen LogP contribution in [0.2, 0.25) is 5.02 Å². The van der Waals surface area contributed by atoms with E-state index in [9.17, 15) is 0 Å². The molecule has 0 aromatic carbocycles. The molecule has 19 heavy (non-hydrogen) atoms. The maximum Gasteiger partial charge on any atom is 0.0902 e. The molecule has 1 aromatic rings. The van der Waals surface area contributed by atoms with Crippen LogP contribution < -0.4 is 5.73 Å². The van der Waals surface area contributed by atoms with Crippen LogP contribution in [-0.2, 0) is 20.0 Å². The highest BCUT2D eigenvalue weighted by Gasteiger charge is 2.26. The molecule has 0 saturated carbocycles. The van der Waals surface area contributed by atoms with Crippen molar-refractivity contribution in [2.75, 3.05) is 6.54 Å². The first kappa shape index (κ1) is 14.8. The number of nitrogens with two attached hydrogens (primary N) is 1. The van der Waals surface area contributed by atoms with Gasteiger partial charge in [-0.25, -0.2) is 0 Å². The summed E-state index contributed by atoms with van der Waals surface area (Å²) in [5.74, 6) is 0. The second-order valence-electron chi connectivity index (χ2n) is 5.07. The molecule has 1 atom stereocenters. The normalized spacial score (nSPS) is 20.7. The van der Waals surface area contributed by atoms with Gasteiger partial charge in [-0.1, -0.05) is 37.2 Å². The van der Waals surface area contributed by atoms with Gasteiger partial charge in [-0.05, 0) is 25.8 Å². The molecule has 1 aliphatic heterocycles. The van der Waals surface area contributed by atoms with E-state index in [4.69, 9.17) is 29.6 Å². The van der Waals surface area contributed by atoms with Crippen LogP contribution in [0.25, 0.3) is 0 Å². The summed E-state index contributed by atoms with van der Waals surface area (Å²) in [5.41, 5.74) is 7.87. The second-order valence-corrected chi connectivity index (χ2v) is 5.92. The van der Waals surface area contributed by atoms with Crippen molar-refractivity contribution in [1.29, 1.82) is 0 Å². The van der Waals surface area contributed by atoms with Crippen molar-refractivity contribution in [2.45, 2.75) is 45.2 Å². The van der Waals surface area contributed by atoms with Crippen molar-refractivity contribution in [2.24, 2.45) is 12.8 Å². The van der Waals surface area contributed by atoms with Crippen LogP contribution in [-0.4, -0.2) is 32.3 Å². The standard InChI is InChI=1S/C13H21ClN4S/c1-3-9-12(14)11(17(2)16-9)8-18-7-5-4-6-10(18)13(15)19/h10H,3-8H2,1-2H3,(H2,15,19). The first-order valence-electron chi connectivity index (χ1n) is 6.78. The summed E-state index contributed by atoms with van der Waals surface area (Å²) < 4.78 is 1.88. The average molecular weight is 301 g/mol. The van der Waals surface area contributed by atoms with E-state index in [-0.39, 0.29) is 6.04 Å². The fraction of sp³-hybridized carbons (Fsp3) is 0.692. The van der Waals surface area contributed by atoms with E-state index in [0.29, 0.717) is 4.99 Å². The number of aryl methyl sites for hydroxylation is 2. The third kappa shape index (κ3) is 3.09. The third-order valence-corrected chi connectivity index (χ3v) is 4.51. The van der Waals surface area contributed by atoms with Gasteiger partial charge in [-0.2, -0.15) is 5.10 Å². The summed E-state index contributed by atoms with van der Waals surface area (Å²) >= 11 is 11.6. The number of likely N-dealkylation sites (tertiary alicyclic amines) is 1. The summed E-state index contributed by atoms with van der Waals surface area (Å²) in [5, 5.41) is 5.25. The lowest BCUT2D eigenvalue weighted by molar-refractivity contribution is 0.180. The molecule has 1 unspecified atom stereocenters. The zero-order chi connectivity index (χ0) is 14.0. The van der Waals surface area contributed by atoms with Crippen LogP contribution in [0.4, 0.5) is 0 Å². The molecular formula is C13H21ClN4S. The molecule has 2 rings (SSSR count). The van der Waals surface area contributed by atoms with Crippen LogP contribution in [0.3, 0.4) is 0 Å². The van der Waals surface area contributed by atoms with Gasteiger partial charge >= 0.3 is 0 Å². The van der Waals surface area contributed by atoms with Crippen LogP contribution in [0.5, 0.6) is 0 Å². The summed E-state index contributed by atoms with van der Waals surface area (Å²) in [6.07, 6.45) is 4.28. The molecule has 2 N–H and O–H groups in total. The van der Waals surface area contributed by atoms with Crippen molar-refractivity contribution < 1.29 is 0 Å². The predicted molar refractivity (Wildman–Crippen MR) is 82.4 cm³/mol. The van der Waals surface area contributed by atoms with Crippen molar-refractivity contribution in [3.8, 4) is 0 Å². The minimum atomic E-state index is 0.194. The molecule has 0 amide bonds.